The van der Waals surface area contributed by atoms with E-state index in [4.69, 9.17) is 0 Å². The number of anilines is 1. The summed E-state index contributed by atoms with van der Waals surface area (Å²) in [7, 11) is 1.94. The van der Waals surface area contributed by atoms with Crippen molar-refractivity contribution in [2.45, 2.75) is 38.1 Å². The van der Waals surface area contributed by atoms with E-state index >= 15 is 0 Å². The van der Waals surface area contributed by atoms with Crippen LogP contribution in [-0.2, 0) is 12.8 Å². The first kappa shape index (κ1) is 18.2. The minimum atomic E-state index is -0.145. The fourth-order valence-electron chi connectivity index (χ4n) is 4.03. The van der Waals surface area contributed by atoms with Gasteiger partial charge in [-0.3, -0.25) is 9.59 Å². The van der Waals surface area contributed by atoms with Crippen molar-refractivity contribution in [3.8, 4) is 0 Å². The highest BCUT2D eigenvalue weighted by Crippen LogP contribution is 2.28. The molecule has 1 aromatic heterocycles. The van der Waals surface area contributed by atoms with E-state index in [0.717, 1.165) is 38.6 Å². The topological polar surface area (TPSA) is 61.4 Å². The molecule has 142 valence electrons. The van der Waals surface area contributed by atoms with Crippen molar-refractivity contribution >= 4 is 28.2 Å². The molecule has 27 heavy (non-hydrogen) atoms. The van der Waals surface area contributed by atoms with Crippen molar-refractivity contribution in [3.05, 3.63) is 51.9 Å². The minimum absolute atomic E-state index is 0.000420. The van der Waals surface area contributed by atoms with Gasteiger partial charge in [-0.05, 0) is 73.9 Å². The van der Waals surface area contributed by atoms with Gasteiger partial charge in [0.2, 0.25) is 0 Å². The van der Waals surface area contributed by atoms with Crippen molar-refractivity contribution in [1.82, 2.24) is 10.2 Å². The quantitative estimate of drug-likeness (QED) is 0.851. The number of likely N-dealkylation sites (tertiary alicyclic amines) is 1. The molecule has 1 aliphatic carbocycles. The molecule has 1 aromatic carbocycles. The molecule has 1 saturated heterocycles. The van der Waals surface area contributed by atoms with Gasteiger partial charge >= 0.3 is 0 Å². The molecule has 6 heteroatoms. The van der Waals surface area contributed by atoms with Crippen molar-refractivity contribution in [1.29, 1.82) is 0 Å². The summed E-state index contributed by atoms with van der Waals surface area (Å²) in [5.41, 5.74) is 3.88. The Morgan fingerprint density at radius 1 is 1.15 bits per heavy atom. The Balaban J connectivity index is 1.48. The molecule has 2 aromatic rings. The van der Waals surface area contributed by atoms with Crippen molar-refractivity contribution < 1.29 is 9.59 Å². The van der Waals surface area contributed by atoms with Crippen LogP contribution in [0.15, 0.2) is 29.6 Å². The number of rotatable bonds is 4. The molecule has 2 aliphatic rings. The smallest absolute Gasteiger partial charge is 0.256 e. The first-order valence-electron chi connectivity index (χ1n) is 9.63. The van der Waals surface area contributed by atoms with E-state index in [-0.39, 0.29) is 11.8 Å². The Morgan fingerprint density at radius 2 is 2.00 bits per heavy atom. The molecule has 1 atom stereocenters. The summed E-state index contributed by atoms with van der Waals surface area (Å²) in [6.45, 7) is 1.48. The van der Waals surface area contributed by atoms with Crippen LogP contribution >= 0.6 is 11.3 Å². The maximum Gasteiger partial charge on any atom is 0.256 e. The zero-order valence-electron chi connectivity index (χ0n) is 15.6. The summed E-state index contributed by atoms with van der Waals surface area (Å²) < 4.78 is 0. The normalized spacial score (nSPS) is 19.0. The van der Waals surface area contributed by atoms with Gasteiger partial charge < -0.3 is 15.5 Å². The number of piperidine rings is 1. The number of hydrogen-bond donors (Lipinski definition) is 2. The monoisotopic (exact) mass is 383 g/mol. The van der Waals surface area contributed by atoms with Crippen LogP contribution in [0.3, 0.4) is 0 Å². The standard InChI is InChI=1S/C21H25N3O2S/c1-22-17-6-3-10-24(13-17)21(26)18-9-11-27-20(18)23-19(25)16-8-7-14-4-2-5-15(14)12-16/h7-9,11-12,17,22H,2-6,10,13H2,1H3,(H,23,25). The maximum absolute atomic E-state index is 13.0. The van der Waals surface area contributed by atoms with E-state index in [9.17, 15) is 9.59 Å². The lowest BCUT2D eigenvalue weighted by Crippen LogP contribution is -2.47. The summed E-state index contributed by atoms with van der Waals surface area (Å²) in [5.74, 6) is -0.145. The van der Waals surface area contributed by atoms with Gasteiger partial charge in [0.25, 0.3) is 11.8 Å². The third-order valence-corrected chi connectivity index (χ3v) is 6.43. The van der Waals surface area contributed by atoms with Gasteiger partial charge in [0, 0.05) is 24.7 Å². The number of nitrogens with one attached hydrogen (secondary N) is 2. The van der Waals surface area contributed by atoms with Gasteiger partial charge in [-0.2, -0.15) is 0 Å². The second-order valence-corrected chi connectivity index (χ2v) is 8.25. The Labute approximate surface area is 163 Å². The van der Waals surface area contributed by atoms with Crippen LogP contribution in [0.5, 0.6) is 0 Å². The Hall–Kier alpha value is -2.18. The van der Waals surface area contributed by atoms with Crippen LogP contribution in [0.4, 0.5) is 5.00 Å². The fourth-order valence-corrected chi connectivity index (χ4v) is 4.80. The van der Waals surface area contributed by atoms with Crippen molar-refractivity contribution in [2.75, 3.05) is 25.5 Å². The maximum atomic E-state index is 13.0. The minimum Gasteiger partial charge on any atom is -0.337 e. The largest absolute Gasteiger partial charge is 0.337 e. The number of carbonyl (C=O) groups excluding carboxylic acids is 2. The van der Waals surface area contributed by atoms with E-state index < -0.39 is 0 Å². The summed E-state index contributed by atoms with van der Waals surface area (Å²) >= 11 is 1.40. The number of fused-ring (bicyclic) bond motifs is 1. The molecule has 1 aliphatic heterocycles. The second-order valence-electron chi connectivity index (χ2n) is 7.33. The molecular weight excluding hydrogens is 358 g/mol. The first-order valence-corrected chi connectivity index (χ1v) is 10.5. The SMILES string of the molecule is CNC1CCCN(C(=O)c2ccsc2NC(=O)c2ccc3c(c2)CCC3)C1. The van der Waals surface area contributed by atoms with Gasteiger partial charge in [0.05, 0.1) is 5.56 Å². The summed E-state index contributed by atoms with van der Waals surface area (Å²) in [6.07, 6.45) is 5.39. The van der Waals surface area contributed by atoms with Crippen LogP contribution in [0.25, 0.3) is 0 Å². The van der Waals surface area contributed by atoms with E-state index in [1.807, 2.05) is 35.5 Å². The molecule has 0 bridgehead atoms. The average molecular weight is 384 g/mol. The fraction of sp³-hybridized carbons (Fsp3) is 0.429. The van der Waals surface area contributed by atoms with Crippen LogP contribution in [-0.4, -0.2) is 42.9 Å². The first-order chi connectivity index (χ1) is 13.2. The number of aryl methyl sites for hydroxylation is 2. The summed E-state index contributed by atoms with van der Waals surface area (Å²) in [5, 5.41) is 8.72. The number of likely N-dealkylation sites (N-methyl/N-ethyl adjacent to an activating group) is 1. The number of thiophene rings is 1. The predicted octanol–water partition coefficient (Wildman–Crippen LogP) is 3.31. The second kappa shape index (κ2) is 7.82. The Morgan fingerprint density at radius 3 is 2.85 bits per heavy atom. The van der Waals surface area contributed by atoms with Gasteiger partial charge in [0.15, 0.2) is 0 Å². The zero-order chi connectivity index (χ0) is 18.8. The van der Waals surface area contributed by atoms with Crippen LogP contribution in [0.2, 0.25) is 0 Å². The highest BCUT2D eigenvalue weighted by molar-refractivity contribution is 7.14. The molecule has 2 amide bonds. The molecular formula is C21H25N3O2S. The lowest BCUT2D eigenvalue weighted by atomic mass is 10.0. The molecule has 1 fully saturated rings. The average Bonchev–Trinajstić information content (AvgIpc) is 3.36. The molecule has 5 nitrogen and oxygen atoms in total. The van der Waals surface area contributed by atoms with Gasteiger partial charge in [-0.15, -0.1) is 11.3 Å². The van der Waals surface area contributed by atoms with Crippen molar-refractivity contribution in [3.63, 3.8) is 0 Å². The van der Waals surface area contributed by atoms with Crippen LogP contribution in [0, 0.1) is 0 Å². The lowest BCUT2D eigenvalue weighted by Gasteiger charge is -2.32. The third-order valence-electron chi connectivity index (χ3n) is 5.60. The third kappa shape index (κ3) is 3.77. The Kier molecular flexibility index (Phi) is 5.27. The number of amides is 2. The van der Waals surface area contributed by atoms with E-state index in [0.29, 0.717) is 28.7 Å². The zero-order valence-corrected chi connectivity index (χ0v) is 16.4. The highest BCUT2D eigenvalue weighted by Gasteiger charge is 2.26. The van der Waals surface area contributed by atoms with E-state index in [1.54, 1.807) is 0 Å². The molecule has 2 heterocycles. The van der Waals surface area contributed by atoms with Crippen molar-refractivity contribution in [2.24, 2.45) is 0 Å². The molecule has 4 rings (SSSR count). The van der Waals surface area contributed by atoms with Crippen LogP contribution in [0.1, 0.15) is 51.1 Å². The van der Waals surface area contributed by atoms with Gasteiger partial charge in [0.1, 0.15) is 5.00 Å². The molecule has 1 unspecified atom stereocenters. The molecule has 0 spiro atoms. The predicted molar refractivity (Wildman–Crippen MR) is 109 cm³/mol. The summed E-state index contributed by atoms with van der Waals surface area (Å²) in [4.78, 5) is 27.6. The van der Waals surface area contributed by atoms with Gasteiger partial charge in [-0.1, -0.05) is 6.07 Å². The number of benzene rings is 1. The number of carbonyl (C=O) groups is 2. The molecule has 2 N–H and O–H groups in total. The lowest BCUT2D eigenvalue weighted by molar-refractivity contribution is 0.0699. The Bertz CT molecular complexity index is 861. The van der Waals surface area contributed by atoms with Gasteiger partial charge in [-0.25, -0.2) is 0 Å². The molecule has 0 radical (unpaired) electrons. The number of hydrogen-bond acceptors (Lipinski definition) is 4. The van der Waals surface area contributed by atoms with E-state index in [1.165, 1.54) is 22.5 Å². The van der Waals surface area contributed by atoms with E-state index in [2.05, 4.69) is 16.7 Å². The molecule has 0 saturated carbocycles. The highest BCUT2D eigenvalue weighted by atomic mass is 32.1. The summed E-state index contributed by atoms with van der Waals surface area (Å²) in [6, 6.07) is 8.09. The van der Waals surface area contributed by atoms with Crippen LogP contribution < -0.4 is 10.6 Å². The number of nitrogens with zero attached hydrogens (tertiary/aromatic N) is 1.